The van der Waals surface area contributed by atoms with Crippen molar-refractivity contribution in [2.75, 3.05) is 0 Å². The van der Waals surface area contributed by atoms with E-state index in [0.717, 1.165) is 23.3 Å². The van der Waals surface area contributed by atoms with Crippen LogP contribution in [0.2, 0.25) is 5.02 Å². The van der Waals surface area contributed by atoms with Gasteiger partial charge in [0, 0.05) is 13.1 Å². The summed E-state index contributed by atoms with van der Waals surface area (Å²) in [5.41, 5.74) is 2.48. The number of nitrogens with zero attached hydrogens (tertiary/aromatic N) is 3. The van der Waals surface area contributed by atoms with Crippen LogP contribution in [0, 0.1) is 18.6 Å². The maximum absolute atomic E-state index is 12.5. The number of rotatable bonds is 4. The van der Waals surface area contributed by atoms with E-state index in [1.165, 1.54) is 0 Å². The Morgan fingerprint density at radius 3 is 2.70 bits per heavy atom. The number of H-pyrrole nitrogens is 1. The van der Waals surface area contributed by atoms with Crippen LogP contribution in [0.5, 0.6) is 0 Å². The average Bonchev–Trinajstić information content (AvgIpc) is 2.78. The van der Waals surface area contributed by atoms with Gasteiger partial charge >= 0.3 is 0 Å². The van der Waals surface area contributed by atoms with Crippen molar-refractivity contribution in [1.82, 2.24) is 19.3 Å². The fourth-order valence-corrected chi connectivity index (χ4v) is 3.09. The number of aromatic amines is 1. The highest BCUT2D eigenvalue weighted by Gasteiger charge is 2.09. The van der Waals surface area contributed by atoms with Gasteiger partial charge < -0.3 is 4.98 Å². The van der Waals surface area contributed by atoms with Gasteiger partial charge in [-0.3, -0.25) is 14.0 Å². The molecule has 2 heterocycles. The molecule has 7 heteroatoms. The number of aromatic nitrogens is 4. The number of nitrogens with one attached hydrogen (secondary N) is 1. The van der Waals surface area contributed by atoms with Crippen molar-refractivity contribution in [3.8, 4) is 0 Å². The van der Waals surface area contributed by atoms with E-state index < -0.39 is 0 Å². The monoisotopic (exact) mass is 348 g/mol. The molecule has 0 fully saturated rings. The molecule has 1 N–H and O–H groups in total. The van der Waals surface area contributed by atoms with Crippen molar-refractivity contribution in [3.63, 3.8) is 0 Å². The minimum Gasteiger partial charge on any atom is -0.332 e. The lowest BCUT2D eigenvalue weighted by molar-refractivity contribution is 0.505. The Bertz CT molecular complexity index is 986. The molecule has 0 saturated carbocycles. The van der Waals surface area contributed by atoms with E-state index in [0.29, 0.717) is 28.3 Å². The van der Waals surface area contributed by atoms with Crippen LogP contribution in [0.3, 0.4) is 0 Å². The van der Waals surface area contributed by atoms with E-state index >= 15 is 0 Å². The summed E-state index contributed by atoms with van der Waals surface area (Å²) in [5, 5.41) is 5.75. The third-order valence-electron chi connectivity index (χ3n) is 3.93. The first-order chi connectivity index (χ1) is 11.0. The number of halogens is 1. The molecular formula is C16H17ClN4OS. The predicted octanol–water partition coefficient (Wildman–Crippen LogP) is 3.62. The molecule has 0 aliphatic heterocycles. The molecule has 0 bridgehead atoms. The SMILES string of the molecule is Cc1nn(CCCn2c(=S)[nH]c3ccccc3c2=O)c(C)c1Cl. The molecule has 0 unspecified atom stereocenters. The number of aryl methyl sites for hydroxylation is 2. The van der Waals surface area contributed by atoms with Crippen LogP contribution < -0.4 is 5.56 Å². The molecule has 0 radical (unpaired) electrons. The van der Waals surface area contributed by atoms with E-state index in [9.17, 15) is 4.79 Å². The Labute approximate surface area is 143 Å². The Hall–Kier alpha value is -1.92. The van der Waals surface area contributed by atoms with Crippen molar-refractivity contribution < 1.29 is 0 Å². The Balaban J connectivity index is 1.83. The van der Waals surface area contributed by atoms with E-state index in [-0.39, 0.29) is 5.56 Å². The zero-order valence-electron chi connectivity index (χ0n) is 13.0. The summed E-state index contributed by atoms with van der Waals surface area (Å²) < 4.78 is 3.92. The lowest BCUT2D eigenvalue weighted by atomic mass is 10.2. The molecule has 0 aliphatic carbocycles. The van der Waals surface area contributed by atoms with Gasteiger partial charge in [-0.25, -0.2) is 0 Å². The van der Waals surface area contributed by atoms with Crippen molar-refractivity contribution in [2.24, 2.45) is 0 Å². The number of benzene rings is 1. The molecule has 0 atom stereocenters. The Morgan fingerprint density at radius 2 is 2.00 bits per heavy atom. The molecule has 5 nitrogen and oxygen atoms in total. The summed E-state index contributed by atoms with van der Waals surface area (Å²) in [4.78, 5) is 15.7. The molecule has 120 valence electrons. The largest absolute Gasteiger partial charge is 0.332 e. The molecule has 0 amide bonds. The topological polar surface area (TPSA) is 55.6 Å². The van der Waals surface area contributed by atoms with E-state index in [2.05, 4.69) is 10.1 Å². The summed E-state index contributed by atoms with van der Waals surface area (Å²) >= 11 is 11.5. The fraction of sp³-hybridized carbons (Fsp3) is 0.312. The molecule has 2 aromatic heterocycles. The number of fused-ring (bicyclic) bond motifs is 1. The molecule has 3 rings (SSSR count). The smallest absolute Gasteiger partial charge is 0.262 e. The summed E-state index contributed by atoms with van der Waals surface area (Å²) in [6.45, 7) is 5.05. The zero-order valence-corrected chi connectivity index (χ0v) is 14.5. The minimum absolute atomic E-state index is 0.0595. The molecular weight excluding hydrogens is 332 g/mol. The molecule has 0 aliphatic rings. The molecule has 23 heavy (non-hydrogen) atoms. The Morgan fingerprint density at radius 1 is 1.26 bits per heavy atom. The maximum Gasteiger partial charge on any atom is 0.262 e. The third-order valence-corrected chi connectivity index (χ3v) is 4.80. The van der Waals surface area contributed by atoms with Crippen molar-refractivity contribution in [1.29, 1.82) is 0 Å². The van der Waals surface area contributed by atoms with Gasteiger partial charge in [0.05, 0.1) is 27.3 Å². The van der Waals surface area contributed by atoms with Gasteiger partial charge in [0.25, 0.3) is 5.56 Å². The third kappa shape index (κ3) is 2.96. The molecule has 0 spiro atoms. The van der Waals surface area contributed by atoms with Crippen LogP contribution in [0.15, 0.2) is 29.1 Å². The molecule has 3 aromatic rings. The first kappa shape index (κ1) is 16.0. The summed E-state index contributed by atoms with van der Waals surface area (Å²) in [6.07, 6.45) is 0.744. The Kier molecular flexibility index (Phi) is 4.37. The van der Waals surface area contributed by atoms with Gasteiger partial charge in [0.2, 0.25) is 0 Å². The van der Waals surface area contributed by atoms with Crippen molar-refractivity contribution >= 4 is 34.7 Å². The van der Waals surface area contributed by atoms with Gasteiger partial charge in [0.1, 0.15) is 0 Å². The summed E-state index contributed by atoms with van der Waals surface area (Å²) in [5.74, 6) is 0. The van der Waals surface area contributed by atoms with E-state index in [4.69, 9.17) is 23.8 Å². The average molecular weight is 349 g/mol. The minimum atomic E-state index is -0.0595. The van der Waals surface area contributed by atoms with Crippen LogP contribution in [0.25, 0.3) is 10.9 Å². The van der Waals surface area contributed by atoms with Crippen LogP contribution in [0.4, 0.5) is 0 Å². The summed E-state index contributed by atoms with van der Waals surface area (Å²) in [6, 6.07) is 7.39. The quantitative estimate of drug-likeness (QED) is 0.733. The highest BCUT2D eigenvalue weighted by molar-refractivity contribution is 7.71. The molecule has 0 saturated heterocycles. The first-order valence-electron chi connectivity index (χ1n) is 7.40. The van der Waals surface area contributed by atoms with Crippen LogP contribution in [-0.4, -0.2) is 19.3 Å². The van der Waals surface area contributed by atoms with Gasteiger partial charge in [-0.2, -0.15) is 5.10 Å². The highest BCUT2D eigenvalue weighted by Crippen LogP contribution is 2.19. The summed E-state index contributed by atoms with van der Waals surface area (Å²) in [7, 11) is 0. The van der Waals surface area contributed by atoms with Crippen molar-refractivity contribution in [3.05, 3.63) is 55.8 Å². The van der Waals surface area contributed by atoms with Crippen molar-refractivity contribution in [2.45, 2.75) is 33.4 Å². The van der Waals surface area contributed by atoms with Gasteiger partial charge in [-0.15, -0.1) is 0 Å². The van der Waals surface area contributed by atoms with Gasteiger partial charge in [-0.05, 0) is 44.6 Å². The van der Waals surface area contributed by atoms with Gasteiger partial charge in [0.15, 0.2) is 4.77 Å². The van der Waals surface area contributed by atoms with E-state index in [1.807, 2.05) is 36.7 Å². The van der Waals surface area contributed by atoms with Crippen LogP contribution >= 0.6 is 23.8 Å². The fourth-order valence-electron chi connectivity index (χ4n) is 2.67. The predicted molar refractivity (Wildman–Crippen MR) is 94.7 cm³/mol. The maximum atomic E-state index is 12.5. The zero-order chi connectivity index (χ0) is 16.6. The lowest BCUT2D eigenvalue weighted by Gasteiger charge is -2.09. The number of para-hydroxylation sites is 1. The normalized spacial score (nSPS) is 11.3. The number of hydrogen-bond donors (Lipinski definition) is 1. The number of hydrogen-bond acceptors (Lipinski definition) is 3. The second kappa shape index (κ2) is 6.29. The lowest BCUT2D eigenvalue weighted by Crippen LogP contribution is -2.23. The van der Waals surface area contributed by atoms with E-state index in [1.54, 1.807) is 10.6 Å². The highest BCUT2D eigenvalue weighted by atomic mass is 35.5. The first-order valence-corrected chi connectivity index (χ1v) is 8.19. The van der Waals surface area contributed by atoms with Gasteiger partial charge in [-0.1, -0.05) is 23.7 Å². The van der Waals surface area contributed by atoms with Crippen LogP contribution in [0.1, 0.15) is 17.8 Å². The standard InChI is InChI=1S/C16H17ClN4OS/c1-10-14(17)11(2)21(19-10)9-5-8-20-15(22)12-6-3-4-7-13(12)18-16(20)23/h3-4,6-7H,5,8-9H2,1-2H3,(H,18,23). The van der Waals surface area contributed by atoms with Crippen LogP contribution in [-0.2, 0) is 13.1 Å². The molecule has 1 aromatic carbocycles. The second-order valence-corrected chi connectivity index (χ2v) is 6.26. The second-order valence-electron chi connectivity index (χ2n) is 5.49.